The summed E-state index contributed by atoms with van der Waals surface area (Å²) in [5.41, 5.74) is 9.80. The maximum absolute atomic E-state index is 13.9. The van der Waals surface area contributed by atoms with Crippen LogP contribution in [0.3, 0.4) is 0 Å². The van der Waals surface area contributed by atoms with Crippen LogP contribution in [0, 0.1) is 5.92 Å². The van der Waals surface area contributed by atoms with Crippen LogP contribution in [0.5, 0.6) is 23.5 Å². The molecule has 2 bridgehead atoms. The predicted molar refractivity (Wildman–Crippen MR) is 483 cm³/mol. The van der Waals surface area contributed by atoms with Crippen LogP contribution in [0.1, 0.15) is 156 Å². The van der Waals surface area contributed by atoms with Crippen LogP contribution in [-0.2, 0) is 52.8 Å². The van der Waals surface area contributed by atoms with E-state index in [2.05, 4.69) is 82.9 Å². The number of fused-ring (bicyclic) bond motifs is 4. The number of aromatic nitrogens is 20. The molecule has 9 aliphatic rings. The number of likely N-dealkylation sites (tertiary alicyclic amines) is 4. The number of aryl methyl sites for hydroxylation is 4. The van der Waals surface area contributed by atoms with Gasteiger partial charge in [0.2, 0.25) is 23.6 Å². The van der Waals surface area contributed by atoms with Crippen molar-refractivity contribution in [3.63, 3.8) is 0 Å². The molecule has 4 N–H and O–H groups in total. The van der Waals surface area contributed by atoms with E-state index in [4.69, 9.17) is 35.5 Å². The third kappa shape index (κ3) is 16.8. The highest BCUT2D eigenvalue weighted by Crippen LogP contribution is 2.65. The van der Waals surface area contributed by atoms with Crippen LogP contribution in [0.2, 0.25) is 5.15 Å². The van der Waals surface area contributed by atoms with Gasteiger partial charge in [0.25, 0.3) is 23.5 Å². The molecule has 21 rings (SSSR count). The molecule has 41 heteroatoms. The predicted octanol–water partition coefficient (Wildman–Crippen LogP) is 9.17. The largest absolute Gasteiger partial charge is 0.478 e. The van der Waals surface area contributed by atoms with Crippen molar-refractivity contribution in [2.75, 3.05) is 102 Å². The number of imidazole rings is 4. The first-order chi connectivity index (χ1) is 62.3. The van der Waals surface area contributed by atoms with Crippen molar-refractivity contribution in [3.8, 4) is 23.5 Å². The number of nitrogens with zero attached hydrogens (tertiary/aromatic N) is 24. The molecule has 16 heterocycles. The number of rotatable bonds is 23. The number of carbonyl (C=O) groups excluding carboxylic acids is 4. The van der Waals surface area contributed by atoms with Crippen LogP contribution in [0.25, 0.3) is 22.6 Å². The quantitative estimate of drug-likeness (QED) is 0.0433. The molecule has 40 nitrogen and oxygen atoms in total. The second-order valence-corrected chi connectivity index (χ2v) is 34.7. The Morgan fingerprint density at radius 1 is 0.380 bits per heavy atom. The number of anilines is 8. The molecular weight excluding hydrogens is 1680 g/mol. The summed E-state index contributed by atoms with van der Waals surface area (Å²) >= 11 is 6.27. The normalized spacial score (nSPS) is 20.1. The molecule has 12 aromatic rings. The van der Waals surface area contributed by atoms with Gasteiger partial charge in [0.1, 0.15) is 27.9 Å². The van der Waals surface area contributed by atoms with Gasteiger partial charge in [0.05, 0.1) is 130 Å². The van der Waals surface area contributed by atoms with Crippen molar-refractivity contribution < 1.29 is 38.1 Å². The second kappa shape index (κ2) is 36.1. The van der Waals surface area contributed by atoms with E-state index < -0.39 is 0 Å². The zero-order valence-electron chi connectivity index (χ0n) is 73.6. The first kappa shape index (κ1) is 87.1. The highest BCUT2D eigenvalue weighted by atomic mass is 35.5. The van der Waals surface area contributed by atoms with Crippen molar-refractivity contribution in [2.24, 2.45) is 34.1 Å². The Morgan fingerprint density at radius 3 is 0.953 bits per heavy atom. The lowest BCUT2D eigenvalue weighted by Gasteiger charge is -2.61. The number of hydrogen-bond acceptors (Lipinski definition) is 24. The molecule has 5 saturated carbocycles. The van der Waals surface area contributed by atoms with Crippen molar-refractivity contribution in [1.82, 2.24) is 115 Å². The van der Waals surface area contributed by atoms with Crippen LogP contribution >= 0.6 is 11.6 Å². The fourth-order valence-electron chi connectivity index (χ4n) is 19.1. The fraction of sp³-hybridized carbons (Fsp3) is 0.455. The summed E-state index contributed by atoms with van der Waals surface area (Å²) in [7, 11) is 13.5. The molecule has 0 spiro atoms. The molecule has 4 amide bonds. The number of methoxy groups -OCH3 is 4. The van der Waals surface area contributed by atoms with E-state index in [9.17, 15) is 38.4 Å². The first-order valence-electron chi connectivity index (χ1n) is 43.5. The maximum Gasteiger partial charge on any atom is 0.335 e. The van der Waals surface area contributed by atoms with E-state index in [1.54, 1.807) is 123 Å². The summed E-state index contributed by atoms with van der Waals surface area (Å²) in [5.74, 6) is 2.81. The van der Waals surface area contributed by atoms with Crippen LogP contribution in [0.15, 0.2) is 144 Å². The van der Waals surface area contributed by atoms with E-state index in [1.165, 1.54) is 42.0 Å². The van der Waals surface area contributed by atoms with Crippen molar-refractivity contribution >= 4 is 103 Å². The zero-order chi connectivity index (χ0) is 90.5. The van der Waals surface area contributed by atoms with E-state index in [-0.39, 0.29) is 81.1 Å². The van der Waals surface area contributed by atoms with E-state index in [1.807, 2.05) is 64.5 Å². The summed E-state index contributed by atoms with van der Waals surface area (Å²) < 4.78 is 41.6. The number of piperidine rings is 4. The number of amides is 4. The van der Waals surface area contributed by atoms with Gasteiger partial charge in [-0.05, 0) is 127 Å². The molecular formula is C88H107ClN28O12. The number of carbonyl (C=O) groups is 4. The van der Waals surface area contributed by atoms with Crippen LogP contribution < -0.4 is 63.0 Å². The minimum absolute atomic E-state index is 0.0725. The molecule has 129 heavy (non-hydrogen) atoms. The molecule has 9 fully saturated rings. The van der Waals surface area contributed by atoms with Gasteiger partial charge in [-0.2, -0.15) is 0 Å². The van der Waals surface area contributed by atoms with Crippen molar-refractivity contribution in [3.05, 3.63) is 189 Å². The maximum atomic E-state index is 13.9. The van der Waals surface area contributed by atoms with Crippen LogP contribution in [-0.4, -0.2) is 219 Å². The monoisotopic (exact) mass is 1780 g/mol. The van der Waals surface area contributed by atoms with E-state index >= 15 is 0 Å². The Hall–Kier alpha value is -14.0. The van der Waals surface area contributed by atoms with Crippen LogP contribution in [0.4, 0.5) is 45.5 Å². The van der Waals surface area contributed by atoms with Gasteiger partial charge in [0.15, 0.2) is 22.6 Å². The summed E-state index contributed by atoms with van der Waals surface area (Å²) in [6.45, 7) is 18.9. The Bertz CT molecular complexity index is 6610. The van der Waals surface area contributed by atoms with Gasteiger partial charge >= 0.3 is 22.8 Å². The van der Waals surface area contributed by atoms with Gasteiger partial charge in [-0.25, -0.2) is 56.7 Å². The lowest BCUT2D eigenvalue weighted by Crippen LogP contribution is -2.56. The van der Waals surface area contributed by atoms with E-state index in [0.717, 1.165) is 126 Å². The third-order valence-corrected chi connectivity index (χ3v) is 26.2. The Balaban J connectivity index is 0.000000121. The standard InChI is InChI=1S/C24H29N7O3.C23H29N7O3.C22H27N7O3.C19H22ClN7O3/c1-4-20(32)29-7-5-6-16(12-29)30-14-17(26-18-13-28(2)27-22(18)34-3)21-25-11-19(31(21)23(30)33)24-8-15(9-24)10-24;1-4-20(31)28-10-6-9-16(12-28)29-14-17(25-18-13-27(2)26-22(18)33-3)21-24-11-19(15-7-5-8-15)30(21)23(29)32;1-4-19(30)27-9-5-6-15(11-27)28-13-16(24-17-12-26(2)25-21(17)32-3)20-23-10-18(14-7-8-14)29(20)22(28)31;1-4-16(28)25-7-5-6-12(9-25)26-11-13(17-21-8-15(20)27(17)19(26)29)22-14-10-24(2)23-18(14)30-3/h4,11,13-16,26H,1,5-10,12H2,2-3H3;4,11,13-16,25H,1,5-10,12H2,2-3H3;4,10,12-15,24H,1,5-9,11H2,2-3H3;4,8,10-12,22H,1,5-7,9H2,2-3H3. The second-order valence-electron chi connectivity index (χ2n) is 34.4. The first-order valence-corrected chi connectivity index (χ1v) is 43.9. The molecule has 5 aliphatic carbocycles. The minimum Gasteiger partial charge on any atom is -0.478 e. The van der Waals surface area contributed by atoms with Crippen molar-refractivity contribution in [1.29, 1.82) is 0 Å². The van der Waals surface area contributed by atoms with Gasteiger partial charge < -0.3 is 59.8 Å². The minimum atomic E-state index is -0.311. The highest BCUT2D eigenvalue weighted by Gasteiger charge is 2.59. The van der Waals surface area contributed by atoms with Gasteiger partial charge in [-0.15, -0.1) is 20.4 Å². The molecule has 4 saturated heterocycles. The summed E-state index contributed by atoms with van der Waals surface area (Å²) in [4.78, 5) is 128. The van der Waals surface area contributed by atoms with Gasteiger partial charge in [-0.1, -0.05) is 44.3 Å². The Morgan fingerprint density at radius 2 is 0.667 bits per heavy atom. The topological polar surface area (TPSA) is 395 Å². The molecule has 678 valence electrons. The SMILES string of the molecule is C=CC(=O)N1CCCC(n2cc(Nc3cn(C)nc3OC)c3ncc(C45CC(C4)C5)n3c2=O)C1.C=CC(=O)N1CCCC(n2cc(Nc3cn(C)nc3OC)c3ncc(C4CC4)n3c2=O)C1.C=CC(=O)N1CCCC(n2cc(Nc3cn(C)nc3OC)c3ncc(C4CCC4)n3c2=O)C1.C=CC(=O)N1CCCC(n2cc(Nc3cn(C)nc3OC)c3ncc(Cl)n3c2=O)C1. The highest BCUT2D eigenvalue weighted by molar-refractivity contribution is 6.29. The van der Waals surface area contributed by atoms with E-state index in [0.29, 0.717) is 156 Å². The fourth-order valence-corrected chi connectivity index (χ4v) is 19.3. The summed E-state index contributed by atoms with van der Waals surface area (Å²) in [5, 5.41) is 30.8. The number of hydrogen-bond donors (Lipinski definition) is 4. The summed E-state index contributed by atoms with van der Waals surface area (Å²) in [6.07, 6.45) is 41.9. The van der Waals surface area contributed by atoms with Gasteiger partial charge in [-0.3, -0.25) is 56.2 Å². The average molecular weight is 1780 g/mol. The lowest BCUT2D eigenvalue weighted by atomic mass is 9.43. The molecule has 0 aromatic carbocycles. The zero-order valence-corrected chi connectivity index (χ0v) is 74.3. The average Bonchev–Trinajstić information content (AvgIpc) is 1.67. The number of ether oxygens (including phenoxy) is 4. The molecule has 12 aromatic heterocycles. The van der Waals surface area contributed by atoms with Gasteiger partial charge in [0, 0.05) is 135 Å². The molecule has 4 aliphatic heterocycles. The Labute approximate surface area is 745 Å². The molecule has 4 atom stereocenters. The summed E-state index contributed by atoms with van der Waals surface area (Å²) in [6, 6.07) is -0.591. The molecule has 0 radical (unpaired) electrons. The number of nitrogens with one attached hydrogen (secondary N) is 4. The van der Waals surface area contributed by atoms with Crippen molar-refractivity contribution in [2.45, 2.75) is 144 Å². The third-order valence-electron chi connectivity index (χ3n) is 26.0. The lowest BCUT2D eigenvalue weighted by molar-refractivity contribution is -0.128. The smallest absolute Gasteiger partial charge is 0.335 e. The number of halogens is 1. The Kier molecular flexibility index (Phi) is 24.4. The molecule has 4 unspecified atom stereocenters.